The molecule has 1 atom stereocenters. The maximum Gasteiger partial charge on any atom is 0.416 e. The first-order valence-corrected chi connectivity index (χ1v) is 7.97. The topological polar surface area (TPSA) is 41.6 Å². The predicted molar refractivity (Wildman–Crippen MR) is 85.9 cm³/mol. The molecule has 24 heavy (non-hydrogen) atoms. The number of ether oxygens (including phenoxy) is 1. The van der Waals surface area contributed by atoms with Crippen LogP contribution < -0.4 is 5.32 Å². The Hall–Kier alpha value is -1.92. The highest BCUT2D eigenvalue weighted by Gasteiger charge is 2.33. The number of hydrogen-bond donors (Lipinski definition) is 1. The van der Waals surface area contributed by atoms with Gasteiger partial charge in [-0.05, 0) is 51.8 Å². The number of carbonyl (C=O) groups is 1. The fourth-order valence-corrected chi connectivity index (χ4v) is 2.65. The van der Waals surface area contributed by atoms with E-state index < -0.39 is 17.3 Å². The van der Waals surface area contributed by atoms with Crippen molar-refractivity contribution in [1.82, 2.24) is 4.90 Å². The number of nitrogens with one attached hydrogen (secondary N) is 1. The Morgan fingerprint density at radius 1 is 1.33 bits per heavy atom. The highest BCUT2D eigenvalue weighted by Crippen LogP contribution is 2.31. The molecule has 4 nitrogen and oxygen atoms in total. The number of hydrogen-bond acceptors (Lipinski definition) is 3. The third kappa shape index (κ3) is 5.04. The zero-order valence-electron chi connectivity index (χ0n) is 14.1. The Morgan fingerprint density at radius 2 is 2.04 bits per heavy atom. The van der Waals surface area contributed by atoms with Crippen molar-refractivity contribution < 1.29 is 22.7 Å². The van der Waals surface area contributed by atoms with E-state index in [1.165, 1.54) is 6.07 Å². The number of alkyl halides is 3. The lowest BCUT2D eigenvalue weighted by molar-refractivity contribution is -0.137. The number of rotatable bonds is 3. The van der Waals surface area contributed by atoms with Crippen LogP contribution in [0.1, 0.15) is 39.2 Å². The van der Waals surface area contributed by atoms with Crippen molar-refractivity contribution in [2.24, 2.45) is 0 Å². The van der Waals surface area contributed by atoms with Gasteiger partial charge in [-0.25, -0.2) is 4.79 Å². The third-order valence-corrected chi connectivity index (χ3v) is 3.74. The van der Waals surface area contributed by atoms with E-state index in [0.29, 0.717) is 18.8 Å². The lowest BCUT2D eigenvalue weighted by atomic mass is 10.1. The molecule has 1 heterocycles. The Balaban J connectivity index is 1.97. The van der Waals surface area contributed by atoms with E-state index >= 15 is 0 Å². The monoisotopic (exact) mass is 344 g/mol. The molecular formula is C17H23F3N2O2. The first-order chi connectivity index (χ1) is 11.1. The van der Waals surface area contributed by atoms with Crippen molar-refractivity contribution in [3.8, 4) is 0 Å². The van der Waals surface area contributed by atoms with Crippen LogP contribution in [0.2, 0.25) is 0 Å². The second-order valence-corrected chi connectivity index (χ2v) is 6.93. The van der Waals surface area contributed by atoms with E-state index in [-0.39, 0.29) is 12.1 Å². The van der Waals surface area contributed by atoms with Crippen molar-refractivity contribution in [2.45, 2.75) is 51.4 Å². The van der Waals surface area contributed by atoms with Gasteiger partial charge in [-0.15, -0.1) is 0 Å². The van der Waals surface area contributed by atoms with Gasteiger partial charge in [0.25, 0.3) is 0 Å². The van der Waals surface area contributed by atoms with Gasteiger partial charge in [0.2, 0.25) is 0 Å². The van der Waals surface area contributed by atoms with Crippen molar-refractivity contribution in [3.63, 3.8) is 0 Å². The van der Waals surface area contributed by atoms with Crippen LogP contribution in [0.15, 0.2) is 24.3 Å². The van der Waals surface area contributed by atoms with Gasteiger partial charge >= 0.3 is 12.3 Å². The van der Waals surface area contributed by atoms with Crippen LogP contribution >= 0.6 is 0 Å². The minimum Gasteiger partial charge on any atom is -0.444 e. The molecule has 1 N–H and O–H groups in total. The molecule has 0 unspecified atom stereocenters. The van der Waals surface area contributed by atoms with Gasteiger partial charge in [0.15, 0.2) is 0 Å². The third-order valence-electron chi connectivity index (χ3n) is 3.74. The largest absolute Gasteiger partial charge is 0.444 e. The first-order valence-electron chi connectivity index (χ1n) is 7.97. The first kappa shape index (κ1) is 18.4. The fourth-order valence-electron chi connectivity index (χ4n) is 2.65. The summed E-state index contributed by atoms with van der Waals surface area (Å²) in [6.07, 6.45) is -3.09. The molecule has 0 bridgehead atoms. The molecule has 1 aromatic carbocycles. The number of benzene rings is 1. The normalized spacial score (nSPS) is 18.6. The van der Waals surface area contributed by atoms with Crippen LogP contribution in [0.25, 0.3) is 0 Å². The highest BCUT2D eigenvalue weighted by molar-refractivity contribution is 5.69. The van der Waals surface area contributed by atoms with Crippen LogP contribution in [0.4, 0.5) is 23.7 Å². The van der Waals surface area contributed by atoms with E-state index in [9.17, 15) is 18.0 Å². The molecule has 1 aliphatic heterocycles. The van der Waals surface area contributed by atoms with E-state index in [2.05, 4.69) is 5.32 Å². The number of nitrogens with zero attached hydrogens (tertiary/aromatic N) is 1. The summed E-state index contributed by atoms with van der Waals surface area (Å²) >= 11 is 0. The molecule has 0 aromatic heterocycles. The molecule has 1 saturated heterocycles. The Kier molecular flexibility index (Phi) is 5.30. The maximum absolute atomic E-state index is 12.7. The second-order valence-electron chi connectivity index (χ2n) is 6.93. The van der Waals surface area contributed by atoms with Crippen molar-refractivity contribution in [3.05, 3.63) is 29.8 Å². The van der Waals surface area contributed by atoms with Crippen LogP contribution in [-0.4, -0.2) is 35.7 Å². The van der Waals surface area contributed by atoms with Crippen molar-refractivity contribution in [1.29, 1.82) is 0 Å². The highest BCUT2D eigenvalue weighted by atomic mass is 19.4. The average Bonchev–Trinajstić information content (AvgIpc) is 2.91. The van der Waals surface area contributed by atoms with Gasteiger partial charge in [0.05, 0.1) is 11.6 Å². The maximum atomic E-state index is 12.7. The van der Waals surface area contributed by atoms with Crippen LogP contribution in [0, 0.1) is 0 Å². The summed E-state index contributed by atoms with van der Waals surface area (Å²) in [5.74, 6) is 0. The van der Waals surface area contributed by atoms with Gasteiger partial charge in [-0.1, -0.05) is 6.07 Å². The molecule has 0 radical (unpaired) electrons. The van der Waals surface area contributed by atoms with Crippen LogP contribution in [0.3, 0.4) is 0 Å². The van der Waals surface area contributed by atoms with E-state index in [4.69, 9.17) is 4.74 Å². The van der Waals surface area contributed by atoms with Crippen molar-refractivity contribution in [2.75, 3.05) is 18.4 Å². The number of anilines is 1. The van der Waals surface area contributed by atoms with E-state index in [1.807, 2.05) is 0 Å². The molecule has 2 rings (SSSR count). The molecule has 134 valence electrons. The average molecular weight is 344 g/mol. The number of halogens is 3. The molecule has 7 heteroatoms. The standard InChI is InChI=1S/C17H23F3N2O2/c1-16(2,3)24-15(23)22-9-5-8-14(22)11-21-13-7-4-6-12(10-13)17(18,19)20/h4,6-7,10,14,21H,5,8-9,11H2,1-3H3/t14-/m0/s1. The molecule has 0 spiro atoms. The summed E-state index contributed by atoms with van der Waals surface area (Å²) in [5, 5.41) is 3.00. The Labute approximate surface area is 140 Å². The number of amides is 1. The molecule has 1 amide bonds. The van der Waals surface area contributed by atoms with E-state index in [1.54, 1.807) is 31.7 Å². The molecular weight excluding hydrogens is 321 g/mol. The molecule has 1 aliphatic rings. The van der Waals surface area contributed by atoms with Gasteiger partial charge < -0.3 is 15.0 Å². The minimum absolute atomic E-state index is 0.0885. The van der Waals surface area contributed by atoms with Gasteiger partial charge in [-0.3, -0.25) is 0 Å². The zero-order chi connectivity index (χ0) is 18.0. The van der Waals surface area contributed by atoms with Crippen molar-refractivity contribution >= 4 is 11.8 Å². The fraction of sp³-hybridized carbons (Fsp3) is 0.588. The second kappa shape index (κ2) is 6.91. The summed E-state index contributed by atoms with van der Waals surface area (Å²) in [6, 6.07) is 4.97. The zero-order valence-corrected chi connectivity index (χ0v) is 14.1. The molecule has 0 aliphatic carbocycles. The lowest BCUT2D eigenvalue weighted by Gasteiger charge is -2.29. The Morgan fingerprint density at radius 3 is 2.67 bits per heavy atom. The molecule has 0 saturated carbocycles. The summed E-state index contributed by atoms with van der Waals surface area (Å²) < 4.78 is 43.6. The summed E-state index contributed by atoms with van der Waals surface area (Å²) in [6.45, 7) is 6.40. The molecule has 1 fully saturated rings. The number of likely N-dealkylation sites (tertiary alicyclic amines) is 1. The van der Waals surface area contributed by atoms with Gasteiger partial charge in [0.1, 0.15) is 5.60 Å². The predicted octanol–water partition coefficient (Wildman–Crippen LogP) is 4.52. The smallest absolute Gasteiger partial charge is 0.416 e. The lowest BCUT2D eigenvalue weighted by Crippen LogP contribution is -2.42. The quantitative estimate of drug-likeness (QED) is 0.877. The number of carbonyl (C=O) groups excluding carboxylic acids is 1. The molecule has 1 aromatic rings. The van der Waals surface area contributed by atoms with Crippen LogP contribution in [0.5, 0.6) is 0 Å². The van der Waals surface area contributed by atoms with E-state index in [0.717, 1.165) is 25.0 Å². The summed E-state index contributed by atoms with van der Waals surface area (Å²) in [5.41, 5.74) is -0.873. The SMILES string of the molecule is CC(C)(C)OC(=O)N1CCC[C@H]1CNc1cccc(C(F)(F)F)c1. The minimum atomic E-state index is -4.37. The van der Waals surface area contributed by atoms with Gasteiger partial charge in [0, 0.05) is 18.8 Å². The Bertz CT molecular complexity index is 582. The van der Waals surface area contributed by atoms with Crippen LogP contribution in [-0.2, 0) is 10.9 Å². The summed E-state index contributed by atoms with van der Waals surface area (Å²) in [7, 11) is 0. The summed E-state index contributed by atoms with van der Waals surface area (Å²) in [4.78, 5) is 13.8. The van der Waals surface area contributed by atoms with Gasteiger partial charge in [-0.2, -0.15) is 13.2 Å².